The van der Waals surface area contributed by atoms with Crippen LogP contribution in [0.5, 0.6) is 5.75 Å². The van der Waals surface area contributed by atoms with Crippen LogP contribution in [0, 0.1) is 11.8 Å². The number of hydrogen-bond acceptors (Lipinski definition) is 2. The number of nitrogens with one attached hydrogen (secondary N) is 1. The molecule has 2 saturated carbocycles. The highest BCUT2D eigenvalue weighted by molar-refractivity contribution is 5.56. The van der Waals surface area contributed by atoms with Crippen LogP contribution in [0.4, 0.5) is 5.69 Å². The molecule has 0 saturated heterocycles. The minimum Gasteiger partial charge on any atom is -0.506 e. The van der Waals surface area contributed by atoms with Crippen LogP contribution in [0.1, 0.15) is 64.2 Å². The monoisotopic (exact) mass is 287 g/mol. The summed E-state index contributed by atoms with van der Waals surface area (Å²) in [6.45, 7) is 0. The van der Waals surface area contributed by atoms with E-state index in [9.17, 15) is 5.11 Å². The third-order valence-corrected chi connectivity index (χ3v) is 5.54. The van der Waals surface area contributed by atoms with Gasteiger partial charge in [0, 0.05) is 6.04 Å². The molecule has 0 amide bonds. The van der Waals surface area contributed by atoms with Gasteiger partial charge in [0.05, 0.1) is 5.69 Å². The maximum absolute atomic E-state index is 10.1. The van der Waals surface area contributed by atoms with Crippen molar-refractivity contribution in [2.24, 2.45) is 11.8 Å². The lowest BCUT2D eigenvalue weighted by molar-refractivity contribution is 0.218. The Hall–Kier alpha value is -1.18. The number of hydrogen-bond donors (Lipinski definition) is 2. The Balaban J connectivity index is 1.75. The van der Waals surface area contributed by atoms with Gasteiger partial charge in [0.2, 0.25) is 0 Å². The van der Waals surface area contributed by atoms with Crippen molar-refractivity contribution >= 4 is 5.69 Å². The predicted molar refractivity (Wildman–Crippen MR) is 88.7 cm³/mol. The summed E-state index contributed by atoms with van der Waals surface area (Å²) in [4.78, 5) is 0. The molecule has 0 bridgehead atoms. The van der Waals surface area contributed by atoms with E-state index in [4.69, 9.17) is 0 Å². The van der Waals surface area contributed by atoms with Crippen molar-refractivity contribution in [1.82, 2.24) is 0 Å². The molecule has 2 N–H and O–H groups in total. The number of phenols is 1. The fourth-order valence-electron chi connectivity index (χ4n) is 4.38. The molecule has 2 heteroatoms. The number of anilines is 1. The highest BCUT2D eigenvalue weighted by Gasteiger charge is 2.31. The van der Waals surface area contributed by atoms with Gasteiger partial charge in [-0.1, -0.05) is 50.7 Å². The lowest BCUT2D eigenvalue weighted by Gasteiger charge is -2.39. The fraction of sp³-hybridized carbons (Fsp3) is 0.684. The molecule has 1 aromatic rings. The van der Waals surface area contributed by atoms with Crippen LogP contribution in [-0.4, -0.2) is 11.1 Å². The summed E-state index contributed by atoms with van der Waals surface area (Å²) in [5, 5.41) is 13.8. The average Bonchev–Trinajstić information content (AvgIpc) is 2.56. The molecule has 2 fully saturated rings. The number of rotatable bonds is 4. The normalized spacial score (nSPS) is 21.6. The van der Waals surface area contributed by atoms with Crippen LogP contribution < -0.4 is 5.32 Å². The molecular formula is C19H29NO. The van der Waals surface area contributed by atoms with Crippen LogP contribution >= 0.6 is 0 Å². The molecule has 0 spiro atoms. The van der Waals surface area contributed by atoms with Crippen molar-refractivity contribution in [3.05, 3.63) is 24.3 Å². The summed E-state index contributed by atoms with van der Waals surface area (Å²) >= 11 is 0. The summed E-state index contributed by atoms with van der Waals surface area (Å²) in [5.74, 6) is 1.98. The van der Waals surface area contributed by atoms with Crippen molar-refractivity contribution in [2.45, 2.75) is 70.3 Å². The van der Waals surface area contributed by atoms with Crippen molar-refractivity contribution < 1.29 is 5.11 Å². The highest BCUT2D eigenvalue weighted by atomic mass is 16.3. The largest absolute Gasteiger partial charge is 0.506 e. The van der Waals surface area contributed by atoms with Gasteiger partial charge in [0.25, 0.3) is 0 Å². The lowest BCUT2D eigenvalue weighted by atomic mass is 9.73. The molecular weight excluding hydrogens is 258 g/mol. The zero-order valence-electron chi connectivity index (χ0n) is 13.1. The Labute approximate surface area is 129 Å². The molecule has 0 aliphatic heterocycles. The Bertz CT molecular complexity index is 415. The quantitative estimate of drug-likeness (QED) is 0.733. The molecule has 0 unspecified atom stereocenters. The molecule has 116 valence electrons. The zero-order valence-corrected chi connectivity index (χ0v) is 13.1. The molecule has 0 atom stereocenters. The van der Waals surface area contributed by atoms with E-state index >= 15 is 0 Å². The molecule has 1 aromatic carbocycles. The van der Waals surface area contributed by atoms with E-state index in [1.165, 1.54) is 64.2 Å². The van der Waals surface area contributed by atoms with E-state index in [1.807, 2.05) is 18.2 Å². The van der Waals surface area contributed by atoms with Gasteiger partial charge in [-0.05, 0) is 49.7 Å². The van der Waals surface area contributed by atoms with Gasteiger partial charge in [-0.2, -0.15) is 0 Å². The first-order valence-electron chi connectivity index (χ1n) is 8.89. The van der Waals surface area contributed by atoms with E-state index in [1.54, 1.807) is 6.07 Å². The molecule has 0 heterocycles. The minimum atomic E-state index is 0.397. The Morgan fingerprint density at radius 1 is 0.810 bits per heavy atom. The van der Waals surface area contributed by atoms with Gasteiger partial charge < -0.3 is 10.4 Å². The topological polar surface area (TPSA) is 32.3 Å². The number of phenolic OH excluding ortho intramolecular Hbond substituents is 1. The summed E-state index contributed by atoms with van der Waals surface area (Å²) in [6.07, 6.45) is 13.8. The number of para-hydroxylation sites is 2. The van der Waals surface area contributed by atoms with Gasteiger partial charge in [0.15, 0.2) is 0 Å². The summed E-state index contributed by atoms with van der Waals surface area (Å²) in [7, 11) is 0. The average molecular weight is 287 g/mol. The minimum absolute atomic E-state index is 0.397. The Morgan fingerprint density at radius 2 is 1.33 bits per heavy atom. The highest BCUT2D eigenvalue weighted by Crippen LogP contribution is 2.38. The van der Waals surface area contributed by atoms with E-state index in [-0.39, 0.29) is 0 Å². The van der Waals surface area contributed by atoms with Crippen LogP contribution in [0.2, 0.25) is 0 Å². The third kappa shape index (κ3) is 3.72. The Kier molecular flexibility index (Phi) is 5.05. The molecule has 0 aromatic heterocycles. The van der Waals surface area contributed by atoms with Gasteiger partial charge in [-0.3, -0.25) is 0 Å². The van der Waals surface area contributed by atoms with Crippen LogP contribution in [0.15, 0.2) is 24.3 Å². The zero-order chi connectivity index (χ0) is 14.5. The van der Waals surface area contributed by atoms with Crippen molar-refractivity contribution in [1.29, 1.82) is 0 Å². The molecule has 2 aliphatic rings. The first-order chi connectivity index (χ1) is 10.3. The Morgan fingerprint density at radius 3 is 1.86 bits per heavy atom. The van der Waals surface area contributed by atoms with Crippen LogP contribution in [-0.2, 0) is 0 Å². The van der Waals surface area contributed by atoms with Gasteiger partial charge in [0.1, 0.15) is 5.75 Å². The van der Waals surface area contributed by atoms with Crippen molar-refractivity contribution in [2.75, 3.05) is 5.32 Å². The van der Waals surface area contributed by atoms with Gasteiger partial charge in [-0.15, -0.1) is 0 Å². The van der Waals surface area contributed by atoms with Crippen LogP contribution in [0.3, 0.4) is 0 Å². The fourth-order valence-corrected chi connectivity index (χ4v) is 4.38. The maximum atomic E-state index is 10.1. The SMILES string of the molecule is Oc1ccccc1NC(C1CCCCC1)C1CCCCC1. The maximum Gasteiger partial charge on any atom is 0.138 e. The summed E-state index contributed by atoms with van der Waals surface area (Å²) in [6, 6.07) is 8.28. The van der Waals surface area contributed by atoms with E-state index in [2.05, 4.69) is 5.32 Å². The molecule has 3 rings (SSSR count). The van der Waals surface area contributed by atoms with Gasteiger partial charge >= 0.3 is 0 Å². The second-order valence-corrected chi connectivity index (χ2v) is 6.98. The smallest absolute Gasteiger partial charge is 0.138 e. The lowest BCUT2D eigenvalue weighted by Crippen LogP contribution is -2.38. The number of aromatic hydroxyl groups is 1. The second kappa shape index (κ2) is 7.20. The van der Waals surface area contributed by atoms with Crippen molar-refractivity contribution in [3.8, 4) is 5.75 Å². The standard InChI is InChI=1S/C19H29NO/c21-18-14-8-7-13-17(18)20-19(15-9-3-1-4-10-15)16-11-5-2-6-12-16/h7-8,13-16,19-21H,1-6,9-12H2. The van der Waals surface area contributed by atoms with E-state index in [0.29, 0.717) is 11.8 Å². The van der Waals surface area contributed by atoms with Crippen molar-refractivity contribution in [3.63, 3.8) is 0 Å². The molecule has 21 heavy (non-hydrogen) atoms. The van der Waals surface area contributed by atoms with E-state index < -0.39 is 0 Å². The van der Waals surface area contributed by atoms with Gasteiger partial charge in [-0.25, -0.2) is 0 Å². The number of benzene rings is 1. The molecule has 2 aliphatic carbocycles. The second-order valence-electron chi connectivity index (χ2n) is 6.98. The third-order valence-electron chi connectivity index (χ3n) is 5.54. The molecule has 2 nitrogen and oxygen atoms in total. The molecule has 0 radical (unpaired) electrons. The van der Waals surface area contributed by atoms with Crippen LogP contribution in [0.25, 0.3) is 0 Å². The summed E-state index contributed by atoms with van der Waals surface area (Å²) < 4.78 is 0. The predicted octanol–water partition coefficient (Wildman–Crippen LogP) is 5.33. The first-order valence-corrected chi connectivity index (χ1v) is 8.89. The summed E-state index contributed by atoms with van der Waals surface area (Å²) in [5.41, 5.74) is 0.929. The van der Waals surface area contributed by atoms with E-state index in [0.717, 1.165) is 17.5 Å². The first kappa shape index (κ1) is 14.7.